The van der Waals surface area contributed by atoms with E-state index < -0.39 is 0 Å². The van der Waals surface area contributed by atoms with E-state index in [-0.39, 0.29) is 5.91 Å². The van der Waals surface area contributed by atoms with Crippen LogP contribution in [0.15, 0.2) is 36.0 Å². The largest absolute Gasteiger partial charge is 0.493 e. The lowest BCUT2D eigenvalue weighted by atomic mass is 10.2. The van der Waals surface area contributed by atoms with Crippen LogP contribution in [0.1, 0.15) is 23.5 Å². The predicted octanol–water partition coefficient (Wildman–Crippen LogP) is 2.71. The van der Waals surface area contributed by atoms with Crippen molar-refractivity contribution >= 4 is 22.9 Å². The summed E-state index contributed by atoms with van der Waals surface area (Å²) < 4.78 is 12.8. The lowest BCUT2D eigenvalue weighted by molar-refractivity contribution is 0.103. The topological polar surface area (TPSA) is 94.4 Å². The molecular formula is C19H24N6O3S. The molecule has 2 heterocycles. The van der Waals surface area contributed by atoms with Crippen LogP contribution in [-0.2, 0) is 0 Å². The van der Waals surface area contributed by atoms with Gasteiger partial charge in [0.05, 0.1) is 12.8 Å². The van der Waals surface area contributed by atoms with Crippen molar-refractivity contribution in [3.63, 3.8) is 0 Å². The van der Waals surface area contributed by atoms with Crippen molar-refractivity contribution in [2.45, 2.75) is 13.8 Å². The molecule has 154 valence electrons. The van der Waals surface area contributed by atoms with Crippen molar-refractivity contribution in [2.24, 2.45) is 0 Å². The molecule has 1 amide bonds. The summed E-state index contributed by atoms with van der Waals surface area (Å²) in [5.41, 5.74) is 1.24. The Morgan fingerprint density at radius 1 is 1.24 bits per heavy atom. The Hall–Kier alpha value is -2.98. The second-order valence-corrected chi connectivity index (χ2v) is 7.00. The van der Waals surface area contributed by atoms with Gasteiger partial charge in [-0.3, -0.25) is 4.79 Å². The van der Waals surface area contributed by atoms with Gasteiger partial charge in [0.1, 0.15) is 17.8 Å². The average Bonchev–Trinajstić information content (AvgIpc) is 3.43. The summed E-state index contributed by atoms with van der Waals surface area (Å²) in [6.45, 7) is 7.53. The first-order valence-corrected chi connectivity index (χ1v) is 10.2. The van der Waals surface area contributed by atoms with Gasteiger partial charge < -0.3 is 19.7 Å². The first-order valence-electron chi connectivity index (χ1n) is 9.31. The molecule has 1 aromatic carbocycles. The van der Waals surface area contributed by atoms with Gasteiger partial charge in [0.25, 0.3) is 5.91 Å². The normalized spacial score (nSPS) is 10.9. The fourth-order valence-corrected chi connectivity index (χ4v) is 3.58. The van der Waals surface area contributed by atoms with Gasteiger partial charge in [0.2, 0.25) is 0 Å². The smallest absolute Gasteiger partial charge is 0.267 e. The quantitative estimate of drug-likeness (QED) is 0.543. The molecule has 2 aromatic heterocycles. The highest BCUT2D eigenvalue weighted by molar-refractivity contribution is 7.12. The minimum Gasteiger partial charge on any atom is -0.493 e. The number of carbonyl (C=O) groups is 1. The summed E-state index contributed by atoms with van der Waals surface area (Å²) in [4.78, 5) is 15.6. The van der Waals surface area contributed by atoms with Crippen LogP contribution in [0.4, 0.5) is 5.69 Å². The van der Waals surface area contributed by atoms with Crippen LogP contribution >= 0.6 is 11.3 Å². The van der Waals surface area contributed by atoms with Gasteiger partial charge in [0.15, 0.2) is 11.5 Å². The van der Waals surface area contributed by atoms with Crippen LogP contribution in [0.3, 0.4) is 0 Å². The molecule has 0 spiro atoms. The Labute approximate surface area is 173 Å². The maximum Gasteiger partial charge on any atom is 0.267 e. The van der Waals surface area contributed by atoms with Crippen molar-refractivity contribution in [3.8, 4) is 17.2 Å². The number of nitrogens with one attached hydrogen (secondary N) is 1. The zero-order chi connectivity index (χ0) is 20.6. The number of ether oxygens (including phenoxy) is 2. The van der Waals surface area contributed by atoms with Crippen molar-refractivity contribution in [1.82, 2.24) is 25.1 Å². The van der Waals surface area contributed by atoms with Crippen LogP contribution in [0.2, 0.25) is 0 Å². The summed E-state index contributed by atoms with van der Waals surface area (Å²) in [5.74, 6) is 0.960. The Kier molecular flexibility index (Phi) is 7.14. The van der Waals surface area contributed by atoms with E-state index in [1.807, 2.05) is 5.38 Å². The lowest BCUT2D eigenvalue weighted by Gasteiger charge is -2.19. The highest BCUT2D eigenvalue weighted by Crippen LogP contribution is 2.31. The number of tetrazole rings is 1. The molecule has 0 atom stereocenters. The summed E-state index contributed by atoms with van der Waals surface area (Å²) in [6.07, 6.45) is 1.45. The summed E-state index contributed by atoms with van der Waals surface area (Å²) in [6, 6.07) is 7.12. The molecule has 0 radical (unpaired) electrons. The average molecular weight is 417 g/mol. The number of rotatable bonds is 10. The van der Waals surface area contributed by atoms with Crippen LogP contribution in [0.5, 0.6) is 11.5 Å². The molecule has 0 bridgehead atoms. The molecule has 0 aliphatic heterocycles. The third-order valence-electron chi connectivity index (χ3n) is 4.43. The number of hydrogen-bond donors (Lipinski definition) is 1. The van der Waals surface area contributed by atoms with E-state index in [9.17, 15) is 4.79 Å². The SMILES string of the molecule is CCN(CC)CCOc1cc(NC(=O)c2sccc2-n2cnnn2)ccc1OC. The molecule has 10 heteroatoms. The van der Waals surface area contributed by atoms with Gasteiger partial charge in [-0.15, -0.1) is 16.4 Å². The van der Waals surface area contributed by atoms with E-state index in [4.69, 9.17) is 9.47 Å². The van der Waals surface area contributed by atoms with Crippen LogP contribution in [0, 0.1) is 0 Å². The highest BCUT2D eigenvalue weighted by Gasteiger charge is 2.17. The van der Waals surface area contributed by atoms with Crippen molar-refractivity contribution in [3.05, 3.63) is 40.8 Å². The van der Waals surface area contributed by atoms with Crippen molar-refractivity contribution in [2.75, 3.05) is 38.7 Å². The van der Waals surface area contributed by atoms with Gasteiger partial charge >= 0.3 is 0 Å². The fourth-order valence-electron chi connectivity index (χ4n) is 2.80. The minimum absolute atomic E-state index is 0.246. The molecule has 0 saturated heterocycles. The third kappa shape index (κ3) is 5.09. The molecule has 3 rings (SSSR count). The number of thiophene rings is 1. The van der Waals surface area contributed by atoms with E-state index in [0.29, 0.717) is 34.4 Å². The Morgan fingerprint density at radius 3 is 2.76 bits per heavy atom. The molecule has 29 heavy (non-hydrogen) atoms. The van der Waals surface area contributed by atoms with Gasteiger partial charge in [-0.1, -0.05) is 13.8 Å². The minimum atomic E-state index is -0.246. The van der Waals surface area contributed by atoms with Gasteiger partial charge in [-0.05, 0) is 47.1 Å². The number of aromatic nitrogens is 4. The molecule has 0 aliphatic carbocycles. The third-order valence-corrected chi connectivity index (χ3v) is 5.33. The number of nitrogens with zero attached hydrogens (tertiary/aromatic N) is 5. The number of carbonyl (C=O) groups excluding carboxylic acids is 1. The summed E-state index contributed by atoms with van der Waals surface area (Å²) in [7, 11) is 1.59. The number of anilines is 1. The molecule has 3 aromatic rings. The van der Waals surface area contributed by atoms with E-state index >= 15 is 0 Å². The van der Waals surface area contributed by atoms with Crippen LogP contribution < -0.4 is 14.8 Å². The molecular weight excluding hydrogens is 392 g/mol. The van der Waals surface area contributed by atoms with E-state index in [1.54, 1.807) is 31.4 Å². The summed E-state index contributed by atoms with van der Waals surface area (Å²) >= 11 is 1.32. The first kappa shape index (κ1) is 20.7. The molecule has 0 unspecified atom stereocenters. The van der Waals surface area contributed by atoms with Gasteiger partial charge in [0, 0.05) is 18.3 Å². The highest BCUT2D eigenvalue weighted by atomic mass is 32.1. The standard InChI is InChI=1S/C19H24N6O3S/c1-4-24(5-2)9-10-28-17-12-14(6-7-16(17)27-3)21-19(26)18-15(8-11-29-18)25-13-20-22-23-25/h6-8,11-13H,4-5,9-10H2,1-3H3,(H,21,26). The van der Waals surface area contributed by atoms with Crippen molar-refractivity contribution < 1.29 is 14.3 Å². The van der Waals surface area contributed by atoms with Gasteiger partial charge in [-0.25, -0.2) is 0 Å². The molecule has 1 N–H and O–H groups in total. The molecule has 9 nitrogen and oxygen atoms in total. The maximum atomic E-state index is 12.8. The number of benzene rings is 1. The van der Waals surface area contributed by atoms with E-state index in [1.165, 1.54) is 22.3 Å². The predicted molar refractivity (Wildman–Crippen MR) is 111 cm³/mol. The zero-order valence-corrected chi connectivity index (χ0v) is 17.5. The maximum absolute atomic E-state index is 12.8. The van der Waals surface area contributed by atoms with Gasteiger partial charge in [-0.2, -0.15) is 4.68 Å². The zero-order valence-electron chi connectivity index (χ0n) is 16.7. The van der Waals surface area contributed by atoms with Crippen molar-refractivity contribution in [1.29, 1.82) is 0 Å². The second-order valence-electron chi connectivity index (χ2n) is 6.08. The number of hydrogen-bond acceptors (Lipinski definition) is 8. The molecule has 0 saturated carbocycles. The molecule has 0 fully saturated rings. The lowest BCUT2D eigenvalue weighted by Crippen LogP contribution is -2.28. The Balaban J connectivity index is 1.71. The molecule has 0 aliphatic rings. The number of amides is 1. The van der Waals surface area contributed by atoms with Crippen LogP contribution in [-0.4, -0.2) is 64.4 Å². The van der Waals surface area contributed by atoms with Crippen LogP contribution in [0.25, 0.3) is 5.69 Å². The first-order chi connectivity index (χ1) is 14.2. The Bertz CT molecular complexity index is 924. The summed E-state index contributed by atoms with van der Waals surface area (Å²) in [5, 5.41) is 15.8. The monoisotopic (exact) mass is 416 g/mol. The van der Waals surface area contributed by atoms with E-state index in [2.05, 4.69) is 39.6 Å². The fraction of sp³-hybridized carbons (Fsp3) is 0.368. The number of methoxy groups -OCH3 is 1. The second kappa shape index (κ2) is 9.99. The number of likely N-dealkylation sites (N-methyl/N-ethyl adjacent to an activating group) is 1. The Morgan fingerprint density at radius 2 is 2.07 bits per heavy atom. The van der Waals surface area contributed by atoms with E-state index in [0.717, 1.165) is 19.6 Å².